The van der Waals surface area contributed by atoms with Crippen LogP contribution in [-0.2, 0) is 19.3 Å². The number of nitrogens with zero attached hydrogens (tertiary/aromatic N) is 4. The lowest BCUT2D eigenvalue weighted by Crippen LogP contribution is -2.39. The standard InChI is InChI=1S/C14H14F3N5O.ClH/c1-8-2-3-9(18)6-10(8)12(23)21-4-5-22-11(7-21)19-20-13(22)14(15,16)17;/h2-3,6H,4-5,7,18H2,1H3;1H. The second-order valence-corrected chi connectivity index (χ2v) is 5.39. The highest BCUT2D eigenvalue weighted by molar-refractivity contribution is 5.96. The van der Waals surface area contributed by atoms with Crippen molar-refractivity contribution in [1.29, 1.82) is 0 Å². The number of carbonyl (C=O) groups is 1. The molecule has 0 radical (unpaired) electrons. The summed E-state index contributed by atoms with van der Waals surface area (Å²) >= 11 is 0. The zero-order valence-corrected chi connectivity index (χ0v) is 13.5. The lowest BCUT2D eigenvalue weighted by atomic mass is 10.1. The minimum absolute atomic E-state index is 0. The molecule has 0 bridgehead atoms. The Hall–Kier alpha value is -2.29. The summed E-state index contributed by atoms with van der Waals surface area (Å²) in [5.74, 6) is -1.18. The Bertz CT molecular complexity index is 774. The number of hydrogen-bond acceptors (Lipinski definition) is 4. The van der Waals surface area contributed by atoms with Crippen molar-refractivity contribution >= 4 is 24.0 Å². The molecule has 0 saturated carbocycles. The molecule has 0 atom stereocenters. The highest BCUT2D eigenvalue weighted by Gasteiger charge is 2.40. The average molecular weight is 362 g/mol. The van der Waals surface area contributed by atoms with Gasteiger partial charge in [-0.1, -0.05) is 6.07 Å². The van der Waals surface area contributed by atoms with Crippen LogP contribution in [-0.4, -0.2) is 32.1 Å². The molecule has 2 aromatic rings. The van der Waals surface area contributed by atoms with E-state index in [1.165, 1.54) is 4.90 Å². The Balaban J connectivity index is 0.00000208. The maximum absolute atomic E-state index is 12.8. The van der Waals surface area contributed by atoms with Gasteiger partial charge < -0.3 is 15.2 Å². The number of fused-ring (bicyclic) bond motifs is 1. The zero-order valence-electron chi connectivity index (χ0n) is 12.7. The second kappa shape index (κ2) is 6.31. The first-order valence-electron chi connectivity index (χ1n) is 6.92. The molecule has 24 heavy (non-hydrogen) atoms. The Morgan fingerprint density at radius 2 is 1.96 bits per heavy atom. The Labute approximate surface area is 141 Å². The smallest absolute Gasteiger partial charge is 0.399 e. The fourth-order valence-electron chi connectivity index (χ4n) is 2.58. The minimum Gasteiger partial charge on any atom is -0.399 e. The molecule has 0 fully saturated rings. The summed E-state index contributed by atoms with van der Waals surface area (Å²) in [6, 6.07) is 4.99. The number of nitrogen functional groups attached to an aromatic ring is 1. The summed E-state index contributed by atoms with van der Waals surface area (Å²) in [5.41, 5.74) is 7.35. The normalized spacial score (nSPS) is 14.1. The summed E-state index contributed by atoms with van der Waals surface area (Å²) in [5, 5.41) is 6.76. The molecule has 1 aromatic carbocycles. The van der Waals surface area contributed by atoms with E-state index < -0.39 is 12.0 Å². The number of amides is 1. The van der Waals surface area contributed by atoms with Crippen LogP contribution in [0.25, 0.3) is 0 Å². The van der Waals surface area contributed by atoms with Gasteiger partial charge in [0.25, 0.3) is 5.91 Å². The van der Waals surface area contributed by atoms with Crippen molar-refractivity contribution in [3.63, 3.8) is 0 Å². The number of aryl methyl sites for hydroxylation is 1. The first kappa shape index (κ1) is 18.1. The summed E-state index contributed by atoms with van der Waals surface area (Å²) in [6.45, 7) is 1.92. The number of anilines is 1. The molecule has 1 aliphatic heterocycles. The molecule has 0 aliphatic carbocycles. The van der Waals surface area contributed by atoms with E-state index in [4.69, 9.17) is 5.73 Å². The lowest BCUT2D eigenvalue weighted by Gasteiger charge is -2.28. The Kier molecular flexibility index (Phi) is 4.75. The van der Waals surface area contributed by atoms with E-state index in [2.05, 4.69) is 10.2 Å². The molecule has 2 heterocycles. The van der Waals surface area contributed by atoms with Crippen LogP contribution in [0.3, 0.4) is 0 Å². The number of rotatable bonds is 1. The molecule has 0 unspecified atom stereocenters. The lowest BCUT2D eigenvalue weighted by molar-refractivity contribution is -0.147. The van der Waals surface area contributed by atoms with Crippen LogP contribution in [0.5, 0.6) is 0 Å². The van der Waals surface area contributed by atoms with Gasteiger partial charge in [0.2, 0.25) is 5.82 Å². The van der Waals surface area contributed by atoms with E-state index in [1.54, 1.807) is 25.1 Å². The second-order valence-electron chi connectivity index (χ2n) is 5.39. The van der Waals surface area contributed by atoms with Crippen molar-refractivity contribution in [1.82, 2.24) is 19.7 Å². The van der Waals surface area contributed by atoms with E-state index in [1.807, 2.05) is 0 Å². The molecule has 1 aliphatic rings. The average Bonchev–Trinajstić information content (AvgIpc) is 2.92. The summed E-state index contributed by atoms with van der Waals surface area (Å²) in [4.78, 5) is 14.0. The fourth-order valence-corrected chi connectivity index (χ4v) is 2.58. The van der Waals surface area contributed by atoms with Crippen molar-refractivity contribution in [3.05, 3.63) is 41.0 Å². The van der Waals surface area contributed by atoms with E-state index in [9.17, 15) is 18.0 Å². The zero-order chi connectivity index (χ0) is 16.8. The van der Waals surface area contributed by atoms with Crippen LogP contribution in [0.1, 0.15) is 27.6 Å². The molecule has 130 valence electrons. The highest BCUT2D eigenvalue weighted by Crippen LogP contribution is 2.29. The molecular formula is C14H15ClF3N5O. The van der Waals surface area contributed by atoms with Gasteiger partial charge in [-0.05, 0) is 24.6 Å². The number of carbonyl (C=O) groups excluding carboxylic acids is 1. The van der Waals surface area contributed by atoms with Crippen LogP contribution in [0.2, 0.25) is 0 Å². The number of alkyl halides is 3. The van der Waals surface area contributed by atoms with Crippen molar-refractivity contribution < 1.29 is 18.0 Å². The predicted octanol–water partition coefficient (Wildman–Crippen LogP) is 2.27. The van der Waals surface area contributed by atoms with E-state index >= 15 is 0 Å². The van der Waals surface area contributed by atoms with Crippen molar-refractivity contribution in [2.45, 2.75) is 26.2 Å². The molecule has 3 rings (SSSR count). The van der Waals surface area contributed by atoms with Crippen molar-refractivity contribution in [3.8, 4) is 0 Å². The summed E-state index contributed by atoms with van der Waals surface area (Å²) in [7, 11) is 0. The van der Waals surface area contributed by atoms with Gasteiger partial charge in [0, 0.05) is 24.3 Å². The first-order chi connectivity index (χ1) is 10.8. The molecule has 6 nitrogen and oxygen atoms in total. The summed E-state index contributed by atoms with van der Waals surface area (Å²) in [6.07, 6.45) is -4.55. The highest BCUT2D eigenvalue weighted by atomic mass is 35.5. The number of hydrogen-bond donors (Lipinski definition) is 1. The van der Waals surface area contributed by atoms with Crippen molar-refractivity contribution in [2.75, 3.05) is 12.3 Å². The Morgan fingerprint density at radius 1 is 1.25 bits per heavy atom. The maximum atomic E-state index is 12.8. The third-order valence-electron chi connectivity index (χ3n) is 3.79. The van der Waals surface area contributed by atoms with Gasteiger partial charge in [0.15, 0.2) is 5.82 Å². The van der Waals surface area contributed by atoms with Gasteiger partial charge in [-0.15, -0.1) is 22.6 Å². The van der Waals surface area contributed by atoms with Gasteiger partial charge in [-0.25, -0.2) is 0 Å². The number of aromatic nitrogens is 3. The molecule has 1 aromatic heterocycles. The van der Waals surface area contributed by atoms with Gasteiger partial charge >= 0.3 is 6.18 Å². The van der Waals surface area contributed by atoms with Crippen LogP contribution < -0.4 is 5.73 Å². The number of nitrogens with two attached hydrogens (primary N) is 1. The third kappa shape index (κ3) is 3.16. The number of benzene rings is 1. The van der Waals surface area contributed by atoms with Gasteiger partial charge in [0.1, 0.15) is 0 Å². The number of halogens is 4. The largest absolute Gasteiger partial charge is 0.451 e. The Morgan fingerprint density at radius 3 is 2.62 bits per heavy atom. The molecular weight excluding hydrogens is 347 g/mol. The molecule has 0 spiro atoms. The van der Waals surface area contributed by atoms with E-state index in [-0.39, 0.29) is 43.8 Å². The van der Waals surface area contributed by atoms with Crippen LogP contribution in [0.15, 0.2) is 18.2 Å². The predicted molar refractivity (Wildman–Crippen MR) is 82.6 cm³/mol. The van der Waals surface area contributed by atoms with Crippen LogP contribution >= 0.6 is 12.4 Å². The van der Waals surface area contributed by atoms with Gasteiger partial charge in [-0.3, -0.25) is 4.79 Å². The van der Waals surface area contributed by atoms with Crippen LogP contribution in [0.4, 0.5) is 18.9 Å². The maximum Gasteiger partial charge on any atom is 0.451 e. The topological polar surface area (TPSA) is 77.0 Å². The van der Waals surface area contributed by atoms with Gasteiger partial charge in [-0.2, -0.15) is 13.2 Å². The fraction of sp³-hybridized carbons (Fsp3) is 0.357. The van der Waals surface area contributed by atoms with E-state index in [0.717, 1.165) is 10.1 Å². The monoisotopic (exact) mass is 361 g/mol. The third-order valence-corrected chi connectivity index (χ3v) is 3.79. The molecule has 1 amide bonds. The molecule has 10 heteroatoms. The van der Waals surface area contributed by atoms with Gasteiger partial charge in [0.05, 0.1) is 6.54 Å². The minimum atomic E-state index is -4.55. The molecule has 2 N–H and O–H groups in total. The summed E-state index contributed by atoms with van der Waals surface area (Å²) < 4.78 is 39.4. The molecule has 0 saturated heterocycles. The SMILES string of the molecule is Cc1ccc(N)cc1C(=O)N1CCn2c(nnc2C(F)(F)F)C1.Cl. The first-order valence-corrected chi connectivity index (χ1v) is 6.92. The van der Waals surface area contributed by atoms with Crippen molar-refractivity contribution in [2.24, 2.45) is 0 Å². The quantitative estimate of drug-likeness (QED) is 0.790. The van der Waals surface area contributed by atoms with E-state index in [0.29, 0.717) is 11.3 Å². The van der Waals surface area contributed by atoms with Crippen LogP contribution in [0, 0.1) is 6.92 Å².